The van der Waals surface area contributed by atoms with Crippen LogP contribution in [0.25, 0.3) is 10.4 Å². The van der Waals surface area contributed by atoms with Crippen molar-refractivity contribution in [2.24, 2.45) is 11.0 Å². The summed E-state index contributed by atoms with van der Waals surface area (Å²) in [6, 6.07) is 10.3. The molecular weight excluding hydrogens is 236 g/mol. The van der Waals surface area contributed by atoms with Crippen LogP contribution in [-0.2, 0) is 6.54 Å². The maximum atomic E-state index is 8.32. The summed E-state index contributed by atoms with van der Waals surface area (Å²) in [6.07, 6.45) is 0. The molecule has 0 bridgehead atoms. The van der Waals surface area contributed by atoms with Gasteiger partial charge in [-0.3, -0.25) is 4.90 Å². The molecule has 0 spiro atoms. The molecule has 0 unspecified atom stereocenters. The smallest absolute Gasteiger partial charge is 0.0504 e. The van der Waals surface area contributed by atoms with Gasteiger partial charge in [-0.1, -0.05) is 35.4 Å². The quantitative estimate of drug-likeness (QED) is 0.351. The van der Waals surface area contributed by atoms with Crippen molar-refractivity contribution < 1.29 is 0 Å². The summed E-state index contributed by atoms with van der Waals surface area (Å²) < 4.78 is 0. The molecule has 0 N–H and O–H groups in total. The zero-order chi connectivity index (χ0) is 12.1. The van der Waals surface area contributed by atoms with Crippen LogP contribution in [0.4, 0.5) is 0 Å². The zero-order valence-electron chi connectivity index (χ0n) is 9.54. The fraction of sp³-hybridized carbons (Fsp3) is 0.500. The first-order valence-electron chi connectivity index (χ1n) is 5.71. The van der Waals surface area contributed by atoms with E-state index >= 15 is 0 Å². The lowest BCUT2D eigenvalue weighted by Crippen LogP contribution is -2.20. The molecule has 0 amide bonds. The maximum absolute atomic E-state index is 8.32. The molecule has 1 fully saturated rings. The number of likely N-dealkylation sites (tertiary alicyclic amines) is 1. The van der Waals surface area contributed by atoms with Gasteiger partial charge < -0.3 is 0 Å². The Bertz CT molecular complexity index is 402. The lowest BCUT2D eigenvalue weighted by atomic mass is 10.1. The Hall–Kier alpha value is -1.22. The molecule has 0 radical (unpaired) electrons. The topological polar surface area (TPSA) is 52.0 Å². The second-order valence-electron chi connectivity index (χ2n) is 4.37. The molecular formula is C12H15ClN4. The molecule has 1 aliphatic heterocycles. The monoisotopic (exact) mass is 250 g/mol. The van der Waals surface area contributed by atoms with E-state index < -0.39 is 0 Å². The van der Waals surface area contributed by atoms with E-state index in [9.17, 15) is 0 Å². The van der Waals surface area contributed by atoms with Crippen molar-refractivity contribution in [2.75, 3.05) is 19.6 Å². The van der Waals surface area contributed by atoms with Crippen molar-refractivity contribution >= 4 is 11.6 Å². The fourth-order valence-corrected chi connectivity index (χ4v) is 2.56. The Morgan fingerprint density at radius 3 is 2.82 bits per heavy atom. The van der Waals surface area contributed by atoms with Crippen LogP contribution in [-0.4, -0.2) is 29.9 Å². The molecule has 0 aliphatic carbocycles. The fourth-order valence-electron chi connectivity index (χ4n) is 2.20. The summed E-state index contributed by atoms with van der Waals surface area (Å²) in [6.45, 7) is 3.18. The second kappa shape index (κ2) is 5.92. The first kappa shape index (κ1) is 12.2. The predicted octanol–water partition coefficient (Wildman–Crippen LogP) is 3.04. The summed E-state index contributed by atoms with van der Waals surface area (Å²) in [5.74, 6) is 0.274. The molecule has 2 atom stereocenters. The Morgan fingerprint density at radius 1 is 1.35 bits per heavy atom. The predicted molar refractivity (Wildman–Crippen MR) is 68.9 cm³/mol. The summed E-state index contributed by atoms with van der Waals surface area (Å²) in [4.78, 5) is 5.10. The highest BCUT2D eigenvalue weighted by Gasteiger charge is 2.30. The minimum Gasteiger partial charge on any atom is -0.297 e. The molecule has 0 aromatic heterocycles. The number of hydrogen-bond acceptors (Lipinski definition) is 2. The van der Waals surface area contributed by atoms with E-state index in [1.54, 1.807) is 0 Å². The normalized spacial score (nSPS) is 24.5. The van der Waals surface area contributed by atoms with Crippen LogP contribution in [0.1, 0.15) is 5.56 Å². The van der Waals surface area contributed by atoms with Crippen LogP contribution in [0.2, 0.25) is 0 Å². The Balaban J connectivity index is 1.90. The van der Waals surface area contributed by atoms with Crippen molar-refractivity contribution in [3.8, 4) is 0 Å². The van der Waals surface area contributed by atoms with Crippen molar-refractivity contribution in [2.45, 2.75) is 11.9 Å². The third-order valence-corrected chi connectivity index (χ3v) is 3.56. The van der Waals surface area contributed by atoms with E-state index in [0.29, 0.717) is 6.54 Å². The summed E-state index contributed by atoms with van der Waals surface area (Å²) in [7, 11) is 0. The molecule has 1 aromatic carbocycles. The number of halogens is 1. The molecule has 90 valence electrons. The van der Waals surface area contributed by atoms with Gasteiger partial charge in [0.15, 0.2) is 0 Å². The Labute approximate surface area is 106 Å². The van der Waals surface area contributed by atoms with Gasteiger partial charge in [0, 0.05) is 31.1 Å². The third-order valence-electron chi connectivity index (χ3n) is 3.07. The van der Waals surface area contributed by atoms with E-state index in [0.717, 1.165) is 19.6 Å². The largest absolute Gasteiger partial charge is 0.297 e. The third kappa shape index (κ3) is 3.37. The Morgan fingerprint density at radius 2 is 2.12 bits per heavy atom. The number of alkyl halides is 1. The van der Waals surface area contributed by atoms with Gasteiger partial charge in [-0.15, -0.1) is 11.6 Å². The standard InChI is InChI=1S/C12H15ClN4/c13-12-9-17(8-11(12)6-15-16-14)7-10-4-2-1-3-5-10/h1-5,11-12H,6-9H2/t11-,12-/m1/s1. The van der Waals surface area contributed by atoms with E-state index in [1.807, 2.05) is 18.2 Å². The molecule has 1 aromatic rings. The number of rotatable bonds is 4. The van der Waals surface area contributed by atoms with E-state index in [-0.39, 0.29) is 11.3 Å². The van der Waals surface area contributed by atoms with Gasteiger partial charge in [-0.2, -0.15) is 0 Å². The average Bonchev–Trinajstić information content (AvgIpc) is 2.68. The van der Waals surface area contributed by atoms with Crippen LogP contribution in [0.5, 0.6) is 0 Å². The van der Waals surface area contributed by atoms with E-state index in [1.165, 1.54) is 5.56 Å². The second-order valence-corrected chi connectivity index (χ2v) is 4.93. The maximum Gasteiger partial charge on any atom is 0.0504 e. The van der Waals surface area contributed by atoms with Crippen molar-refractivity contribution in [3.05, 3.63) is 46.3 Å². The van der Waals surface area contributed by atoms with E-state index in [2.05, 4.69) is 27.1 Å². The van der Waals surface area contributed by atoms with Crippen LogP contribution in [0.3, 0.4) is 0 Å². The van der Waals surface area contributed by atoms with Crippen LogP contribution >= 0.6 is 11.6 Å². The lowest BCUT2D eigenvalue weighted by Gasteiger charge is -2.15. The van der Waals surface area contributed by atoms with Crippen LogP contribution < -0.4 is 0 Å². The molecule has 4 nitrogen and oxygen atoms in total. The van der Waals surface area contributed by atoms with Crippen molar-refractivity contribution in [1.82, 2.24) is 4.90 Å². The van der Waals surface area contributed by atoms with Crippen molar-refractivity contribution in [3.63, 3.8) is 0 Å². The van der Waals surface area contributed by atoms with Gasteiger partial charge in [-0.05, 0) is 17.0 Å². The number of azide groups is 1. The number of benzene rings is 1. The van der Waals surface area contributed by atoms with Gasteiger partial charge in [0.25, 0.3) is 0 Å². The molecule has 5 heteroatoms. The molecule has 1 aliphatic rings. The number of nitrogens with zero attached hydrogens (tertiary/aromatic N) is 4. The first-order valence-corrected chi connectivity index (χ1v) is 6.14. The van der Waals surface area contributed by atoms with Crippen molar-refractivity contribution in [1.29, 1.82) is 0 Å². The van der Waals surface area contributed by atoms with E-state index in [4.69, 9.17) is 17.1 Å². The van der Waals surface area contributed by atoms with Crippen LogP contribution in [0.15, 0.2) is 35.4 Å². The molecule has 0 saturated carbocycles. The zero-order valence-corrected chi connectivity index (χ0v) is 10.3. The highest BCUT2D eigenvalue weighted by molar-refractivity contribution is 6.21. The van der Waals surface area contributed by atoms with Gasteiger partial charge in [-0.25, -0.2) is 0 Å². The first-order chi connectivity index (χ1) is 8.29. The molecule has 1 heterocycles. The highest BCUT2D eigenvalue weighted by Crippen LogP contribution is 2.24. The lowest BCUT2D eigenvalue weighted by molar-refractivity contribution is 0.318. The Kier molecular flexibility index (Phi) is 4.26. The van der Waals surface area contributed by atoms with Gasteiger partial charge in [0.2, 0.25) is 0 Å². The van der Waals surface area contributed by atoms with Gasteiger partial charge in [0.1, 0.15) is 0 Å². The van der Waals surface area contributed by atoms with Gasteiger partial charge >= 0.3 is 0 Å². The summed E-state index contributed by atoms with van der Waals surface area (Å²) in [5.41, 5.74) is 9.61. The minimum absolute atomic E-state index is 0.0872. The SMILES string of the molecule is [N-]=[N+]=NC[C@@H]1CN(Cc2ccccc2)C[C@H]1Cl. The number of hydrogen-bond donors (Lipinski definition) is 0. The summed E-state index contributed by atoms with van der Waals surface area (Å²) >= 11 is 6.25. The summed E-state index contributed by atoms with van der Waals surface area (Å²) in [5, 5.41) is 3.70. The van der Waals surface area contributed by atoms with Crippen LogP contribution in [0, 0.1) is 5.92 Å². The van der Waals surface area contributed by atoms with Gasteiger partial charge in [0.05, 0.1) is 5.38 Å². The molecule has 1 saturated heterocycles. The average molecular weight is 251 g/mol. The molecule has 17 heavy (non-hydrogen) atoms. The minimum atomic E-state index is 0.0872. The highest BCUT2D eigenvalue weighted by atomic mass is 35.5. The molecule has 2 rings (SSSR count).